The van der Waals surface area contributed by atoms with E-state index in [1.807, 2.05) is 0 Å². The molecule has 0 saturated heterocycles. The lowest BCUT2D eigenvalue weighted by Gasteiger charge is -2.53. The van der Waals surface area contributed by atoms with Crippen LogP contribution in [0.15, 0.2) is 153 Å². The fourth-order valence-corrected chi connectivity index (χ4v) is 6.73. The Kier molecular flexibility index (Phi) is 9.60. The van der Waals surface area contributed by atoms with Crippen molar-refractivity contribution in [3.63, 3.8) is 0 Å². The summed E-state index contributed by atoms with van der Waals surface area (Å²) in [7, 11) is 0. The van der Waals surface area contributed by atoms with Gasteiger partial charge in [0.1, 0.15) is 0 Å². The summed E-state index contributed by atoms with van der Waals surface area (Å²) in [6.45, 7) is 25.1. The van der Waals surface area contributed by atoms with Crippen molar-refractivity contribution >= 4 is 0 Å². The van der Waals surface area contributed by atoms with Gasteiger partial charge in [-0.25, -0.2) is 0 Å². The first-order valence-electron chi connectivity index (χ1n) is 16.3. The minimum atomic E-state index is -0.168. The molecule has 0 amide bonds. The van der Waals surface area contributed by atoms with Crippen molar-refractivity contribution in [2.24, 2.45) is 22.2 Å². The van der Waals surface area contributed by atoms with Crippen molar-refractivity contribution in [1.82, 2.24) is 0 Å². The van der Waals surface area contributed by atoms with Crippen LogP contribution in [0.4, 0.5) is 0 Å². The number of hydrogen-bond donors (Lipinski definition) is 0. The van der Waals surface area contributed by atoms with Gasteiger partial charge in [0.15, 0.2) is 0 Å². The Balaban J connectivity index is 2.16. The third kappa shape index (κ3) is 6.31. The Morgan fingerprint density at radius 1 is 0.744 bits per heavy atom. The highest BCUT2D eigenvalue weighted by atomic mass is 14.5. The Labute approximate surface area is 263 Å². The lowest BCUT2D eigenvalue weighted by Crippen LogP contribution is -2.42. The molecule has 4 rings (SSSR count). The molecule has 2 atom stereocenters. The molecule has 0 heterocycles. The predicted octanol–water partition coefficient (Wildman–Crippen LogP) is 12.5. The van der Waals surface area contributed by atoms with Crippen LogP contribution >= 0.6 is 0 Å². The zero-order valence-corrected chi connectivity index (χ0v) is 28.7. The van der Waals surface area contributed by atoms with Gasteiger partial charge in [-0.1, -0.05) is 153 Å². The highest BCUT2D eigenvalue weighted by Crippen LogP contribution is 2.63. The van der Waals surface area contributed by atoms with E-state index in [-0.39, 0.29) is 22.2 Å². The smallest absolute Gasteiger partial charge is 0.0290 e. The van der Waals surface area contributed by atoms with E-state index in [1.54, 1.807) is 0 Å². The molecule has 0 saturated carbocycles. The molecule has 0 radical (unpaired) electrons. The molecule has 43 heavy (non-hydrogen) atoms. The van der Waals surface area contributed by atoms with E-state index in [9.17, 15) is 0 Å². The van der Waals surface area contributed by atoms with Crippen LogP contribution in [0.25, 0.3) is 0 Å². The van der Waals surface area contributed by atoms with Crippen LogP contribution in [0.5, 0.6) is 0 Å². The van der Waals surface area contributed by atoms with Gasteiger partial charge in [0.25, 0.3) is 0 Å². The molecule has 4 aliphatic carbocycles. The first kappa shape index (κ1) is 32.5. The van der Waals surface area contributed by atoms with E-state index in [0.717, 1.165) is 12.8 Å². The normalized spacial score (nSPS) is 24.9. The van der Waals surface area contributed by atoms with Crippen molar-refractivity contribution in [1.29, 1.82) is 0 Å². The van der Waals surface area contributed by atoms with Gasteiger partial charge in [-0.15, -0.1) is 0 Å². The second-order valence-corrected chi connectivity index (χ2v) is 14.6. The van der Waals surface area contributed by atoms with Crippen LogP contribution in [-0.4, -0.2) is 0 Å². The molecule has 0 N–H and O–H groups in total. The van der Waals surface area contributed by atoms with Crippen molar-refractivity contribution in [3.8, 4) is 0 Å². The summed E-state index contributed by atoms with van der Waals surface area (Å²) in [6.07, 6.45) is 39.7. The van der Waals surface area contributed by atoms with E-state index in [4.69, 9.17) is 0 Å². The minimum Gasteiger partial charge on any atom is -0.0876 e. The maximum Gasteiger partial charge on any atom is 0.0290 e. The summed E-state index contributed by atoms with van der Waals surface area (Å²) >= 11 is 0. The maximum atomic E-state index is 2.53. The number of unbranched alkanes of at least 4 members (excludes halogenated alkanes) is 1. The Bertz CT molecular complexity index is 1530. The van der Waals surface area contributed by atoms with Crippen molar-refractivity contribution < 1.29 is 0 Å². The molecule has 0 spiro atoms. The third-order valence-corrected chi connectivity index (χ3v) is 9.22. The predicted molar refractivity (Wildman–Crippen MR) is 191 cm³/mol. The largest absolute Gasteiger partial charge is 0.0876 e. The third-order valence-electron chi connectivity index (χ3n) is 9.22. The number of hydrogen-bond acceptors (Lipinski definition) is 0. The number of allylic oxidation sites excluding steroid dienone is 26. The Morgan fingerprint density at radius 3 is 1.98 bits per heavy atom. The van der Waals surface area contributed by atoms with Gasteiger partial charge in [0.2, 0.25) is 0 Å². The minimum absolute atomic E-state index is 0.0326. The fourth-order valence-electron chi connectivity index (χ4n) is 6.73. The maximum absolute atomic E-state index is 2.53. The molecule has 2 unspecified atom stereocenters. The van der Waals surface area contributed by atoms with E-state index in [0.29, 0.717) is 0 Å². The second kappa shape index (κ2) is 12.7. The summed E-state index contributed by atoms with van der Waals surface area (Å²) in [5.74, 6) is 0.253. The lowest BCUT2D eigenvalue weighted by atomic mass is 9.50. The fraction of sp³-hybridized carbons (Fsp3) is 0.395. The van der Waals surface area contributed by atoms with Crippen LogP contribution in [-0.2, 0) is 0 Å². The second-order valence-electron chi connectivity index (χ2n) is 14.6. The average molecular weight is 571 g/mol. The Morgan fingerprint density at radius 2 is 1.37 bits per heavy atom. The van der Waals surface area contributed by atoms with Gasteiger partial charge in [-0.2, -0.15) is 0 Å². The van der Waals surface area contributed by atoms with Crippen LogP contribution in [0.2, 0.25) is 0 Å². The molecular formula is C43H54. The Hall–Kier alpha value is -3.38. The molecule has 0 fully saturated rings. The molecule has 0 aromatic heterocycles. The molecule has 0 aromatic carbocycles. The lowest BCUT2D eigenvalue weighted by molar-refractivity contribution is 0.365. The number of rotatable bonds is 8. The van der Waals surface area contributed by atoms with Crippen LogP contribution < -0.4 is 0 Å². The van der Waals surface area contributed by atoms with Crippen LogP contribution in [0, 0.1) is 22.2 Å². The van der Waals surface area contributed by atoms with Crippen molar-refractivity contribution in [2.75, 3.05) is 0 Å². The van der Waals surface area contributed by atoms with Gasteiger partial charge in [-0.05, 0) is 99.8 Å². The summed E-state index contributed by atoms with van der Waals surface area (Å²) < 4.78 is 0. The molecule has 0 nitrogen and oxygen atoms in total. The monoisotopic (exact) mass is 570 g/mol. The highest BCUT2D eigenvalue weighted by molar-refractivity contribution is 5.75. The molecular weight excluding hydrogens is 516 g/mol. The van der Waals surface area contributed by atoms with Crippen LogP contribution in [0.3, 0.4) is 0 Å². The van der Waals surface area contributed by atoms with Gasteiger partial charge >= 0.3 is 0 Å². The molecule has 226 valence electrons. The van der Waals surface area contributed by atoms with Gasteiger partial charge in [-0.3, -0.25) is 0 Å². The standard InChI is InChI=1S/C43H54/c1-12-16-18-19-23-31(21-15-4)37-25-32-24-33(41(5,6)7)27-38-36(30(20-14-3)22-17-13-2)28-35-26-34(42(8,9)10)29-39(37)43(35,11)40(32)38/h13-15,17-29,40H,12,16H2,1-11H3/b17-13-,19-18?,20-14-,21-15-,30-22+,31-23+. The summed E-state index contributed by atoms with van der Waals surface area (Å²) in [6, 6.07) is 0. The van der Waals surface area contributed by atoms with E-state index < -0.39 is 0 Å². The summed E-state index contributed by atoms with van der Waals surface area (Å²) in [5, 5.41) is 0. The SMILES string of the molecule is C\C=C/C=C(\C=C/C)C1=C2C=C(C(C)(C)C)C=C3C=C(C(/C=C\C)=C/C=CCCC)C4=CC(C(C)(C)C)=CC(=C1)C4(C)C32. The van der Waals surface area contributed by atoms with Gasteiger partial charge < -0.3 is 0 Å². The first-order chi connectivity index (χ1) is 20.3. The molecule has 0 heteroatoms. The first-order valence-corrected chi connectivity index (χ1v) is 16.3. The average Bonchev–Trinajstić information content (AvgIpc) is 2.93. The van der Waals surface area contributed by atoms with E-state index >= 15 is 0 Å². The van der Waals surface area contributed by atoms with Crippen LogP contribution in [0.1, 0.15) is 89.0 Å². The van der Waals surface area contributed by atoms with Gasteiger partial charge in [0.05, 0.1) is 0 Å². The quantitative estimate of drug-likeness (QED) is 0.255. The summed E-state index contributed by atoms with van der Waals surface area (Å²) in [4.78, 5) is 0. The zero-order chi connectivity index (χ0) is 31.6. The van der Waals surface area contributed by atoms with Gasteiger partial charge in [0, 0.05) is 11.3 Å². The molecule has 4 aliphatic rings. The zero-order valence-electron chi connectivity index (χ0n) is 28.7. The topological polar surface area (TPSA) is 0 Å². The van der Waals surface area contributed by atoms with E-state index in [2.05, 4.69) is 173 Å². The highest BCUT2D eigenvalue weighted by Gasteiger charge is 2.52. The van der Waals surface area contributed by atoms with Crippen molar-refractivity contribution in [2.45, 2.75) is 89.0 Å². The molecule has 0 aliphatic heterocycles. The van der Waals surface area contributed by atoms with Crippen molar-refractivity contribution in [3.05, 3.63) is 153 Å². The van der Waals surface area contributed by atoms with E-state index in [1.165, 1.54) is 55.7 Å². The molecule has 0 bridgehead atoms. The molecule has 0 aromatic rings. The summed E-state index contributed by atoms with van der Waals surface area (Å²) in [5.41, 5.74) is 13.6.